The van der Waals surface area contributed by atoms with Crippen molar-refractivity contribution in [1.29, 1.82) is 0 Å². The summed E-state index contributed by atoms with van der Waals surface area (Å²) in [5.41, 5.74) is 2.61. The number of rotatable bonds is 3. The number of aromatic nitrogens is 1. The zero-order valence-electron chi connectivity index (χ0n) is 14.0. The number of fused-ring (bicyclic) bond motifs is 1. The summed E-state index contributed by atoms with van der Waals surface area (Å²) in [6.07, 6.45) is 0. The smallest absolute Gasteiger partial charge is 0.261 e. The average Bonchev–Trinajstić information content (AvgIpc) is 3.22. The first-order chi connectivity index (χ1) is 12.9. The molecule has 3 amide bonds. The van der Waals surface area contributed by atoms with Crippen LogP contribution in [0.5, 0.6) is 0 Å². The molecule has 2 heterocycles. The molecule has 27 heavy (non-hydrogen) atoms. The number of hydrogen-bond donors (Lipinski definition) is 1. The van der Waals surface area contributed by atoms with Crippen LogP contribution in [0.25, 0.3) is 11.3 Å². The molecule has 0 bridgehead atoms. The van der Waals surface area contributed by atoms with Gasteiger partial charge in [0.15, 0.2) is 5.13 Å². The van der Waals surface area contributed by atoms with E-state index >= 15 is 0 Å². The van der Waals surface area contributed by atoms with Crippen LogP contribution in [0.4, 0.5) is 5.13 Å². The number of imide groups is 1. The van der Waals surface area contributed by atoms with Crippen molar-refractivity contribution in [2.24, 2.45) is 0 Å². The fourth-order valence-corrected chi connectivity index (χ4v) is 3.83. The first-order valence-electron chi connectivity index (χ1n) is 7.93. The maximum Gasteiger partial charge on any atom is 0.261 e. The molecule has 1 aliphatic rings. The molecule has 3 aromatic rings. The molecule has 8 heteroatoms. The van der Waals surface area contributed by atoms with Gasteiger partial charge in [0.1, 0.15) is 0 Å². The van der Waals surface area contributed by atoms with Crippen LogP contribution < -0.4 is 5.32 Å². The van der Waals surface area contributed by atoms with Gasteiger partial charge in [-0.1, -0.05) is 12.1 Å². The summed E-state index contributed by atoms with van der Waals surface area (Å²) >= 11 is 3.56. The van der Waals surface area contributed by atoms with Gasteiger partial charge in [-0.25, -0.2) is 4.98 Å². The quantitative estimate of drug-likeness (QED) is 0.448. The Hall–Kier alpha value is -2.59. The number of benzene rings is 2. The second-order valence-electron chi connectivity index (χ2n) is 5.93. The van der Waals surface area contributed by atoms with Crippen molar-refractivity contribution >= 4 is 56.8 Å². The molecule has 0 unspecified atom stereocenters. The summed E-state index contributed by atoms with van der Waals surface area (Å²) in [6.45, 7) is 0. The summed E-state index contributed by atoms with van der Waals surface area (Å²) in [6, 6.07) is 12.4. The second-order valence-corrected chi connectivity index (χ2v) is 8.03. The molecule has 1 N–H and O–H groups in total. The monoisotopic (exact) mass is 489 g/mol. The molecular weight excluding hydrogens is 477 g/mol. The maximum absolute atomic E-state index is 12.5. The summed E-state index contributed by atoms with van der Waals surface area (Å²) in [4.78, 5) is 42.0. The van der Waals surface area contributed by atoms with E-state index in [0.29, 0.717) is 16.3 Å². The van der Waals surface area contributed by atoms with Crippen molar-refractivity contribution in [3.8, 4) is 11.3 Å². The Bertz CT molecular complexity index is 1090. The standard InChI is InChI=1S/C19H12IN3O3S/c1-23-17(25)13-7-4-11(8-14(13)18(23)26)16(24)22-19-21-15(9-27-19)10-2-5-12(20)6-3-10/h2-9H,1H3,(H,21,22,24). The van der Waals surface area contributed by atoms with Crippen molar-refractivity contribution < 1.29 is 14.4 Å². The van der Waals surface area contributed by atoms with E-state index in [0.717, 1.165) is 19.7 Å². The van der Waals surface area contributed by atoms with E-state index in [1.165, 1.54) is 36.6 Å². The molecule has 0 aliphatic carbocycles. The van der Waals surface area contributed by atoms with Gasteiger partial charge in [0.25, 0.3) is 17.7 Å². The van der Waals surface area contributed by atoms with E-state index in [1.54, 1.807) is 0 Å². The molecule has 1 aliphatic heterocycles. The fraction of sp³-hybridized carbons (Fsp3) is 0.0526. The number of hydrogen-bond acceptors (Lipinski definition) is 5. The summed E-state index contributed by atoms with van der Waals surface area (Å²) in [5, 5.41) is 5.08. The zero-order chi connectivity index (χ0) is 19.1. The molecular formula is C19H12IN3O3S. The lowest BCUT2D eigenvalue weighted by Crippen LogP contribution is -2.24. The third-order valence-electron chi connectivity index (χ3n) is 4.22. The Balaban J connectivity index is 1.55. The Labute approximate surface area is 172 Å². The van der Waals surface area contributed by atoms with Crippen molar-refractivity contribution in [2.75, 3.05) is 12.4 Å². The Morgan fingerprint density at radius 1 is 1.07 bits per heavy atom. The molecule has 0 radical (unpaired) electrons. The number of carbonyl (C=O) groups excluding carboxylic acids is 3. The summed E-state index contributed by atoms with van der Waals surface area (Å²) < 4.78 is 1.13. The van der Waals surface area contributed by atoms with Crippen molar-refractivity contribution in [3.05, 3.63) is 68.1 Å². The van der Waals surface area contributed by atoms with E-state index < -0.39 is 5.91 Å². The van der Waals surface area contributed by atoms with Gasteiger partial charge in [-0.3, -0.25) is 24.6 Å². The van der Waals surface area contributed by atoms with Crippen LogP contribution >= 0.6 is 33.9 Å². The lowest BCUT2D eigenvalue weighted by atomic mass is 10.1. The van der Waals surface area contributed by atoms with E-state index in [1.807, 2.05) is 29.6 Å². The first-order valence-corrected chi connectivity index (χ1v) is 9.89. The zero-order valence-corrected chi connectivity index (χ0v) is 17.0. The highest BCUT2D eigenvalue weighted by atomic mass is 127. The molecule has 0 saturated carbocycles. The van der Waals surface area contributed by atoms with Gasteiger partial charge in [-0.2, -0.15) is 0 Å². The number of halogens is 1. The van der Waals surface area contributed by atoms with Gasteiger partial charge >= 0.3 is 0 Å². The predicted octanol–water partition coefficient (Wildman–Crippen LogP) is 3.89. The number of nitrogens with zero attached hydrogens (tertiary/aromatic N) is 2. The highest BCUT2D eigenvalue weighted by Gasteiger charge is 2.33. The van der Waals surface area contributed by atoms with Crippen molar-refractivity contribution in [1.82, 2.24) is 9.88 Å². The molecule has 6 nitrogen and oxygen atoms in total. The lowest BCUT2D eigenvalue weighted by molar-refractivity contribution is 0.0693. The van der Waals surface area contributed by atoms with Crippen LogP contribution in [0, 0.1) is 3.57 Å². The SMILES string of the molecule is CN1C(=O)c2ccc(C(=O)Nc3nc(-c4ccc(I)cc4)cs3)cc2C1=O. The van der Waals surface area contributed by atoms with Gasteiger partial charge < -0.3 is 0 Å². The molecule has 2 aromatic carbocycles. The first kappa shape index (κ1) is 17.8. The molecule has 0 atom stereocenters. The Morgan fingerprint density at radius 3 is 2.52 bits per heavy atom. The van der Waals surface area contributed by atoms with Crippen LogP contribution in [0.2, 0.25) is 0 Å². The highest BCUT2D eigenvalue weighted by Crippen LogP contribution is 2.27. The lowest BCUT2D eigenvalue weighted by Gasteiger charge is -2.03. The predicted molar refractivity (Wildman–Crippen MR) is 111 cm³/mol. The molecule has 0 spiro atoms. The van der Waals surface area contributed by atoms with E-state index in [9.17, 15) is 14.4 Å². The van der Waals surface area contributed by atoms with Crippen LogP contribution in [-0.2, 0) is 0 Å². The highest BCUT2D eigenvalue weighted by molar-refractivity contribution is 14.1. The van der Waals surface area contributed by atoms with Gasteiger partial charge in [0.2, 0.25) is 0 Å². The van der Waals surface area contributed by atoms with Gasteiger partial charge in [0.05, 0.1) is 16.8 Å². The fourth-order valence-electron chi connectivity index (χ4n) is 2.76. The molecule has 0 fully saturated rings. The average molecular weight is 489 g/mol. The van der Waals surface area contributed by atoms with Crippen LogP contribution in [0.1, 0.15) is 31.1 Å². The third kappa shape index (κ3) is 3.26. The molecule has 134 valence electrons. The Kier molecular flexibility index (Phi) is 4.52. The van der Waals surface area contributed by atoms with Crippen molar-refractivity contribution in [3.63, 3.8) is 0 Å². The van der Waals surface area contributed by atoms with Gasteiger partial charge in [-0.15, -0.1) is 11.3 Å². The minimum Gasteiger partial charge on any atom is -0.298 e. The van der Waals surface area contributed by atoms with Crippen LogP contribution in [-0.4, -0.2) is 34.7 Å². The summed E-state index contributed by atoms with van der Waals surface area (Å²) in [5.74, 6) is -1.14. The molecule has 4 rings (SSSR count). The molecule has 1 aromatic heterocycles. The number of carbonyl (C=O) groups is 3. The largest absolute Gasteiger partial charge is 0.298 e. The van der Waals surface area contributed by atoms with Crippen molar-refractivity contribution in [2.45, 2.75) is 0 Å². The topological polar surface area (TPSA) is 79.4 Å². The number of amides is 3. The van der Waals surface area contributed by atoms with E-state index in [2.05, 4.69) is 32.9 Å². The minimum atomic E-state index is -0.403. The maximum atomic E-state index is 12.5. The van der Waals surface area contributed by atoms with E-state index in [4.69, 9.17) is 0 Å². The van der Waals surface area contributed by atoms with Gasteiger partial charge in [0, 0.05) is 27.1 Å². The minimum absolute atomic E-state index is 0.244. The normalized spacial score (nSPS) is 13.0. The number of anilines is 1. The molecule has 0 saturated heterocycles. The third-order valence-corrected chi connectivity index (χ3v) is 5.69. The van der Waals surface area contributed by atoms with Crippen LogP contribution in [0.15, 0.2) is 47.8 Å². The summed E-state index contributed by atoms with van der Waals surface area (Å²) in [7, 11) is 1.42. The number of thiazole rings is 1. The van der Waals surface area contributed by atoms with Gasteiger partial charge in [-0.05, 0) is 52.9 Å². The van der Waals surface area contributed by atoms with Crippen LogP contribution in [0.3, 0.4) is 0 Å². The second kappa shape index (κ2) is 6.86. The Morgan fingerprint density at radius 2 is 1.78 bits per heavy atom. The number of nitrogens with one attached hydrogen (secondary N) is 1. The van der Waals surface area contributed by atoms with E-state index in [-0.39, 0.29) is 17.4 Å².